The highest BCUT2D eigenvalue weighted by molar-refractivity contribution is 5.83. The van der Waals surface area contributed by atoms with E-state index in [0.29, 0.717) is 37.6 Å². The second-order valence-corrected chi connectivity index (χ2v) is 5.45. The van der Waals surface area contributed by atoms with E-state index in [1.54, 1.807) is 29.2 Å². The molecule has 1 atom stereocenters. The smallest absolute Gasteiger partial charge is 0.268 e. The molecule has 0 saturated carbocycles. The van der Waals surface area contributed by atoms with Crippen molar-refractivity contribution in [2.75, 3.05) is 26.3 Å². The number of rotatable bonds is 4. The van der Waals surface area contributed by atoms with Gasteiger partial charge in [-0.15, -0.1) is 0 Å². The second-order valence-electron chi connectivity index (χ2n) is 5.45. The van der Waals surface area contributed by atoms with E-state index in [-0.39, 0.29) is 5.91 Å². The minimum absolute atomic E-state index is 0.114. The largest absolute Gasteiger partial charge is 0.474 e. The van der Waals surface area contributed by atoms with Gasteiger partial charge in [0.25, 0.3) is 5.91 Å². The van der Waals surface area contributed by atoms with Crippen molar-refractivity contribution < 1.29 is 14.3 Å². The molecule has 24 heavy (non-hydrogen) atoms. The highest BCUT2D eigenvalue weighted by atomic mass is 16.5. The molecule has 0 unspecified atom stereocenters. The molecule has 1 saturated heterocycles. The number of amides is 1. The van der Waals surface area contributed by atoms with Crippen molar-refractivity contribution in [1.29, 1.82) is 5.26 Å². The summed E-state index contributed by atoms with van der Waals surface area (Å²) in [4.78, 5) is 14.7. The molecule has 0 spiro atoms. The molecule has 2 aromatic carbocycles. The number of nitriles is 1. The van der Waals surface area contributed by atoms with Crippen molar-refractivity contribution in [3.8, 4) is 11.8 Å². The van der Waals surface area contributed by atoms with Gasteiger partial charge in [0.1, 0.15) is 11.8 Å². The van der Waals surface area contributed by atoms with Crippen LogP contribution in [0.25, 0.3) is 0 Å². The van der Waals surface area contributed by atoms with Gasteiger partial charge in [0.05, 0.1) is 18.8 Å². The van der Waals surface area contributed by atoms with Crippen LogP contribution in [0.5, 0.6) is 5.75 Å². The summed E-state index contributed by atoms with van der Waals surface area (Å²) in [5, 5.41) is 9.25. The predicted molar refractivity (Wildman–Crippen MR) is 88.4 cm³/mol. The molecule has 0 N–H and O–H groups in total. The zero-order chi connectivity index (χ0) is 16.8. The molecule has 0 bridgehead atoms. The van der Waals surface area contributed by atoms with Crippen LogP contribution in [0.3, 0.4) is 0 Å². The van der Waals surface area contributed by atoms with Gasteiger partial charge in [-0.25, -0.2) is 0 Å². The SMILES string of the molecule is N#Cc1ccccc1O[C@@H](C(=O)N1CCOCC1)c1ccccc1. The van der Waals surface area contributed by atoms with Gasteiger partial charge in [0.15, 0.2) is 0 Å². The van der Waals surface area contributed by atoms with Crippen LogP contribution in [0.1, 0.15) is 17.2 Å². The molecule has 5 nitrogen and oxygen atoms in total. The van der Waals surface area contributed by atoms with E-state index in [1.807, 2.05) is 30.3 Å². The van der Waals surface area contributed by atoms with Crippen molar-refractivity contribution in [2.24, 2.45) is 0 Å². The average molecular weight is 322 g/mol. The lowest BCUT2D eigenvalue weighted by molar-refractivity contribution is -0.143. The number of morpholine rings is 1. The lowest BCUT2D eigenvalue weighted by Crippen LogP contribution is -2.44. The Morgan fingerprint density at radius 3 is 2.46 bits per heavy atom. The number of carbonyl (C=O) groups excluding carboxylic acids is 1. The third-order valence-electron chi connectivity index (χ3n) is 3.90. The van der Waals surface area contributed by atoms with Gasteiger partial charge >= 0.3 is 0 Å². The molecule has 0 aliphatic carbocycles. The zero-order valence-corrected chi connectivity index (χ0v) is 13.2. The lowest BCUT2D eigenvalue weighted by Gasteiger charge is -2.30. The molecule has 0 radical (unpaired) electrons. The van der Waals surface area contributed by atoms with Gasteiger partial charge in [-0.2, -0.15) is 5.26 Å². The summed E-state index contributed by atoms with van der Waals surface area (Å²) in [6, 6.07) is 18.4. The summed E-state index contributed by atoms with van der Waals surface area (Å²) in [5.74, 6) is 0.299. The number of benzene rings is 2. The van der Waals surface area contributed by atoms with E-state index in [9.17, 15) is 10.1 Å². The van der Waals surface area contributed by atoms with Crippen LogP contribution in [-0.2, 0) is 9.53 Å². The summed E-state index contributed by atoms with van der Waals surface area (Å²) in [5.41, 5.74) is 1.18. The zero-order valence-electron chi connectivity index (χ0n) is 13.2. The van der Waals surface area contributed by atoms with E-state index >= 15 is 0 Å². The first-order valence-electron chi connectivity index (χ1n) is 7.87. The summed E-state index contributed by atoms with van der Waals surface area (Å²) in [6.45, 7) is 2.15. The molecule has 1 heterocycles. The molecule has 2 aromatic rings. The first kappa shape index (κ1) is 16.0. The molecular weight excluding hydrogens is 304 g/mol. The van der Waals surface area contributed by atoms with E-state index in [4.69, 9.17) is 9.47 Å². The van der Waals surface area contributed by atoms with E-state index < -0.39 is 6.10 Å². The van der Waals surface area contributed by atoms with Crippen LogP contribution in [0.2, 0.25) is 0 Å². The van der Waals surface area contributed by atoms with Crippen LogP contribution in [0, 0.1) is 11.3 Å². The Labute approximate surface area is 141 Å². The molecule has 1 aliphatic rings. The van der Waals surface area contributed by atoms with Gasteiger partial charge in [-0.05, 0) is 12.1 Å². The number of hydrogen-bond donors (Lipinski definition) is 0. The highest BCUT2D eigenvalue weighted by Crippen LogP contribution is 2.27. The van der Waals surface area contributed by atoms with Crippen molar-refractivity contribution >= 4 is 5.91 Å². The number of carbonyl (C=O) groups is 1. The molecule has 1 fully saturated rings. The fraction of sp³-hybridized carbons (Fsp3) is 0.263. The monoisotopic (exact) mass is 322 g/mol. The van der Waals surface area contributed by atoms with E-state index in [0.717, 1.165) is 5.56 Å². The van der Waals surface area contributed by atoms with Gasteiger partial charge in [-0.3, -0.25) is 4.79 Å². The van der Waals surface area contributed by atoms with Crippen molar-refractivity contribution in [2.45, 2.75) is 6.10 Å². The third kappa shape index (κ3) is 3.55. The molecule has 122 valence electrons. The average Bonchev–Trinajstić information content (AvgIpc) is 2.67. The van der Waals surface area contributed by atoms with E-state index in [1.165, 1.54) is 0 Å². The van der Waals surface area contributed by atoms with Crippen LogP contribution < -0.4 is 4.74 Å². The first-order chi connectivity index (χ1) is 11.8. The maximum Gasteiger partial charge on any atom is 0.268 e. The van der Waals surface area contributed by atoms with Crippen LogP contribution in [-0.4, -0.2) is 37.1 Å². The van der Waals surface area contributed by atoms with Gasteiger partial charge in [0.2, 0.25) is 6.10 Å². The maximum atomic E-state index is 13.0. The number of para-hydroxylation sites is 1. The molecule has 3 rings (SSSR count). The van der Waals surface area contributed by atoms with Gasteiger partial charge < -0.3 is 14.4 Å². The van der Waals surface area contributed by atoms with Crippen LogP contribution in [0.4, 0.5) is 0 Å². The van der Waals surface area contributed by atoms with Gasteiger partial charge in [0, 0.05) is 18.7 Å². The third-order valence-corrected chi connectivity index (χ3v) is 3.90. The number of nitrogens with zero attached hydrogens (tertiary/aromatic N) is 2. The summed E-state index contributed by atoms with van der Waals surface area (Å²) < 4.78 is 11.3. The minimum atomic E-state index is -0.779. The maximum absolute atomic E-state index is 13.0. The van der Waals surface area contributed by atoms with Crippen molar-refractivity contribution in [3.05, 3.63) is 65.7 Å². The van der Waals surface area contributed by atoms with Crippen LogP contribution >= 0.6 is 0 Å². The molecule has 0 aromatic heterocycles. The topological polar surface area (TPSA) is 62.6 Å². The summed E-state index contributed by atoms with van der Waals surface area (Å²) in [6.07, 6.45) is -0.779. The number of ether oxygens (including phenoxy) is 2. The predicted octanol–water partition coefficient (Wildman–Crippen LogP) is 2.54. The van der Waals surface area contributed by atoms with Crippen molar-refractivity contribution in [3.63, 3.8) is 0 Å². The molecule has 1 amide bonds. The quantitative estimate of drug-likeness (QED) is 0.868. The van der Waals surface area contributed by atoms with E-state index in [2.05, 4.69) is 6.07 Å². The Kier molecular flexibility index (Phi) is 5.09. The van der Waals surface area contributed by atoms with Crippen molar-refractivity contribution in [1.82, 2.24) is 4.90 Å². The summed E-state index contributed by atoms with van der Waals surface area (Å²) >= 11 is 0. The fourth-order valence-electron chi connectivity index (χ4n) is 2.63. The Hall–Kier alpha value is -2.84. The lowest BCUT2D eigenvalue weighted by atomic mass is 10.1. The summed E-state index contributed by atoms with van der Waals surface area (Å²) in [7, 11) is 0. The van der Waals surface area contributed by atoms with Gasteiger partial charge in [-0.1, -0.05) is 42.5 Å². The normalized spacial score (nSPS) is 15.4. The Balaban J connectivity index is 1.90. The highest BCUT2D eigenvalue weighted by Gasteiger charge is 2.29. The molecule has 1 aliphatic heterocycles. The number of hydrogen-bond acceptors (Lipinski definition) is 4. The van der Waals surface area contributed by atoms with Crippen LogP contribution in [0.15, 0.2) is 54.6 Å². The Morgan fingerprint density at radius 1 is 1.08 bits per heavy atom. The molecular formula is C19H18N2O3. The Morgan fingerprint density at radius 2 is 1.75 bits per heavy atom. The standard InChI is InChI=1S/C19H18N2O3/c20-14-16-8-4-5-9-17(16)24-18(15-6-2-1-3-7-15)19(22)21-10-12-23-13-11-21/h1-9,18H,10-13H2/t18-/m1/s1. The fourth-order valence-corrected chi connectivity index (χ4v) is 2.63. The second kappa shape index (κ2) is 7.62. The minimum Gasteiger partial charge on any atom is -0.474 e. The first-order valence-corrected chi connectivity index (χ1v) is 7.87. The Bertz CT molecular complexity index is 734. The molecule has 5 heteroatoms.